The van der Waals surface area contributed by atoms with Gasteiger partial charge in [-0.1, -0.05) is 30.5 Å². The maximum atomic E-state index is 11.9. The molecule has 128 valence electrons. The van der Waals surface area contributed by atoms with Crippen LogP contribution in [0.5, 0.6) is 0 Å². The second-order valence-corrected chi connectivity index (χ2v) is 7.31. The first-order valence-electron chi connectivity index (χ1n) is 7.86. The van der Waals surface area contributed by atoms with Crippen molar-refractivity contribution < 1.29 is 13.7 Å². The average Bonchev–Trinajstić information content (AvgIpc) is 2.99. The monoisotopic (exact) mass is 358 g/mol. The molecule has 0 heterocycles. The summed E-state index contributed by atoms with van der Waals surface area (Å²) in [6.07, 6.45) is 7.52. The zero-order chi connectivity index (χ0) is 16.7. The van der Waals surface area contributed by atoms with Crippen LogP contribution in [0.25, 0.3) is 0 Å². The summed E-state index contributed by atoms with van der Waals surface area (Å²) >= 11 is 6.03. The first kappa shape index (κ1) is 18.2. The van der Waals surface area contributed by atoms with E-state index in [9.17, 15) is 9.00 Å². The lowest BCUT2D eigenvalue weighted by atomic mass is 10.3. The minimum atomic E-state index is -1.27. The molecule has 1 fully saturated rings. The molecule has 0 radical (unpaired) electrons. The topological polar surface area (TPSA) is 67.4 Å². The molecule has 2 rings (SSSR count). The van der Waals surface area contributed by atoms with E-state index in [1.54, 1.807) is 18.2 Å². The Morgan fingerprint density at radius 3 is 2.83 bits per heavy atom. The van der Waals surface area contributed by atoms with Crippen LogP contribution in [0, 0.1) is 0 Å². The number of nitrogens with one attached hydrogen (secondary N) is 2. The van der Waals surface area contributed by atoms with Gasteiger partial charge in [0.25, 0.3) is 0 Å². The summed E-state index contributed by atoms with van der Waals surface area (Å²) in [5.41, 5.74) is 0.470. The van der Waals surface area contributed by atoms with Crippen LogP contribution in [0.4, 0.5) is 10.5 Å². The van der Waals surface area contributed by atoms with Gasteiger partial charge >= 0.3 is 6.03 Å². The number of rotatable bonds is 7. The Hall–Kier alpha value is -1.11. The van der Waals surface area contributed by atoms with E-state index < -0.39 is 10.8 Å². The fourth-order valence-corrected chi connectivity index (χ4v) is 3.92. The van der Waals surface area contributed by atoms with Gasteiger partial charge in [0, 0.05) is 19.4 Å². The summed E-state index contributed by atoms with van der Waals surface area (Å²) in [7, 11) is -1.27. The highest BCUT2D eigenvalue weighted by Gasteiger charge is 2.15. The Morgan fingerprint density at radius 2 is 2.13 bits per heavy atom. The quantitative estimate of drug-likeness (QED) is 0.732. The third kappa shape index (κ3) is 5.79. The van der Waals surface area contributed by atoms with E-state index in [-0.39, 0.29) is 6.03 Å². The highest BCUT2D eigenvalue weighted by molar-refractivity contribution is 7.84. The highest BCUT2D eigenvalue weighted by atomic mass is 35.5. The number of urea groups is 1. The van der Waals surface area contributed by atoms with Crippen LogP contribution in [0.15, 0.2) is 23.1 Å². The van der Waals surface area contributed by atoms with Crippen molar-refractivity contribution in [2.45, 2.75) is 43.1 Å². The van der Waals surface area contributed by atoms with Gasteiger partial charge in [-0.3, -0.25) is 4.21 Å². The smallest absolute Gasteiger partial charge is 0.319 e. The number of hydrogen-bond acceptors (Lipinski definition) is 3. The molecule has 23 heavy (non-hydrogen) atoms. The number of halogens is 1. The minimum Gasteiger partial charge on any atom is -0.378 e. The number of carbonyl (C=O) groups is 1. The molecule has 1 atom stereocenters. The van der Waals surface area contributed by atoms with Crippen LogP contribution in [0.2, 0.25) is 5.02 Å². The molecule has 2 amide bonds. The van der Waals surface area contributed by atoms with Crippen LogP contribution < -0.4 is 10.6 Å². The fraction of sp³-hybridized carbons (Fsp3) is 0.562. The molecular weight excluding hydrogens is 336 g/mol. The molecule has 7 heteroatoms. The molecule has 5 nitrogen and oxygen atoms in total. The third-order valence-electron chi connectivity index (χ3n) is 3.77. The van der Waals surface area contributed by atoms with Crippen molar-refractivity contribution in [3.8, 4) is 0 Å². The Kier molecular flexibility index (Phi) is 7.33. The van der Waals surface area contributed by atoms with Crippen LogP contribution >= 0.6 is 11.6 Å². The first-order chi connectivity index (χ1) is 11.1. The van der Waals surface area contributed by atoms with Gasteiger partial charge in [0.15, 0.2) is 0 Å². The summed E-state index contributed by atoms with van der Waals surface area (Å²) in [5.74, 6) is 0. The van der Waals surface area contributed by atoms with Gasteiger partial charge in [-0.25, -0.2) is 4.79 Å². The van der Waals surface area contributed by atoms with E-state index in [1.165, 1.54) is 19.1 Å². The van der Waals surface area contributed by atoms with Crippen LogP contribution in [0.3, 0.4) is 0 Å². The largest absolute Gasteiger partial charge is 0.378 e. The summed E-state index contributed by atoms with van der Waals surface area (Å²) in [4.78, 5) is 12.4. The Labute approximate surface area is 144 Å². The standard InChI is InChI=1S/C16H23ClN2O3S/c1-23(21)15-13(17)8-4-9-14(15)19-16(20)18-10-5-11-22-12-6-2-3-7-12/h4,8-9,12H,2-3,5-7,10-11H2,1H3,(H2,18,19,20)/t23-/m0/s1. The fourth-order valence-electron chi connectivity index (χ4n) is 2.65. The molecule has 0 saturated heterocycles. The molecule has 0 aromatic heterocycles. The van der Waals surface area contributed by atoms with E-state index in [0.29, 0.717) is 34.9 Å². The van der Waals surface area contributed by atoms with Crippen LogP contribution in [-0.4, -0.2) is 35.8 Å². The Balaban J connectivity index is 1.72. The van der Waals surface area contributed by atoms with Crippen molar-refractivity contribution in [1.82, 2.24) is 5.32 Å². The summed E-state index contributed by atoms with van der Waals surface area (Å²) in [6.45, 7) is 1.19. The lowest BCUT2D eigenvalue weighted by molar-refractivity contribution is 0.0572. The highest BCUT2D eigenvalue weighted by Crippen LogP contribution is 2.27. The van der Waals surface area contributed by atoms with Crippen LogP contribution in [-0.2, 0) is 15.5 Å². The number of hydrogen-bond donors (Lipinski definition) is 2. The SMILES string of the molecule is C[S@](=O)c1c(Cl)cccc1NC(=O)NCCCOC1CCCC1. The van der Waals surface area contributed by atoms with E-state index >= 15 is 0 Å². The van der Waals surface area contributed by atoms with E-state index in [1.807, 2.05) is 0 Å². The Morgan fingerprint density at radius 1 is 1.39 bits per heavy atom. The van der Waals surface area contributed by atoms with Gasteiger partial charge in [-0.15, -0.1) is 0 Å². The molecule has 0 unspecified atom stereocenters. The molecule has 1 saturated carbocycles. The van der Waals surface area contributed by atoms with Crippen molar-refractivity contribution in [2.75, 3.05) is 24.7 Å². The van der Waals surface area contributed by atoms with Gasteiger partial charge in [-0.2, -0.15) is 0 Å². The van der Waals surface area contributed by atoms with Crippen molar-refractivity contribution in [3.05, 3.63) is 23.2 Å². The van der Waals surface area contributed by atoms with E-state index in [4.69, 9.17) is 16.3 Å². The number of benzene rings is 1. The van der Waals surface area contributed by atoms with Crippen molar-refractivity contribution >= 4 is 34.1 Å². The van der Waals surface area contributed by atoms with Crippen molar-refractivity contribution in [3.63, 3.8) is 0 Å². The van der Waals surface area contributed by atoms with E-state index in [2.05, 4.69) is 10.6 Å². The second-order valence-electron chi connectivity index (χ2n) is 5.58. The zero-order valence-corrected chi connectivity index (χ0v) is 14.8. The van der Waals surface area contributed by atoms with Gasteiger partial charge in [-0.05, 0) is 31.4 Å². The molecule has 1 aliphatic rings. The third-order valence-corrected chi connectivity index (χ3v) is 5.21. The normalized spacial score (nSPS) is 16.3. The average molecular weight is 359 g/mol. The summed E-state index contributed by atoms with van der Waals surface area (Å²) in [6, 6.07) is 4.72. The Bertz CT molecular complexity index is 562. The number of amides is 2. The van der Waals surface area contributed by atoms with Gasteiger partial charge in [0.1, 0.15) is 0 Å². The molecule has 1 aromatic carbocycles. The first-order valence-corrected chi connectivity index (χ1v) is 9.80. The molecule has 0 aliphatic heterocycles. The lowest BCUT2D eigenvalue weighted by Gasteiger charge is -2.13. The van der Waals surface area contributed by atoms with E-state index in [0.717, 1.165) is 19.3 Å². The molecule has 2 N–H and O–H groups in total. The zero-order valence-electron chi connectivity index (χ0n) is 13.3. The minimum absolute atomic E-state index is 0.333. The van der Waals surface area contributed by atoms with Gasteiger partial charge in [0.05, 0.1) is 32.5 Å². The lowest BCUT2D eigenvalue weighted by Crippen LogP contribution is -2.30. The van der Waals surface area contributed by atoms with Crippen molar-refractivity contribution in [2.24, 2.45) is 0 Å². The van der Waals surface area contributed by atoms with Gasteiger partial charge < -0.3 is 15.4 Å². The molecule has 1 aliphatic carbocycles. The predicted molar refractivity (Wildman–Crippen MR) is 93.6 cm³/mol. The van der Waals surface area contributed by atoms with Crippen LogP contribution in [0.1, 0.15) is 32.1 Å². The molecular formula is C16H23ClN2O3S. The van der Waals surface area contributed by atoms with Gasteiger partial charge in [0.2, 0.25) is 0 Å². The summed E-state index contributed by atoms with van der Waals surface area (Å²) < 4.78 is 17.5. The maximum absolute atomic E-state index is 11.9. The molecule has 1 aromatic rings. The number of anilines is 1. The van der Waals surface area contributed by atoms with Crippen molar-refractivity contribution in [1.29, 1.82) is 0 Å². The number of ether oxygens (including phenoxy) is 1. The number of carbonyl (C=O) groups excluding carboxylic acids is 1. The second kappa shape index (κ2) is 9.25. The maximum Gasteiger partial charge on any atom is 0.319 e. The molecule has 0 spiro atoms. The summed E-state index contributed by atoms with van der Waals surface area (Å²) in [5, 5.41) is 5.85. The predicted octanol–water partition coefficient (Wildman–Crippen LogP) is 3.55. The molecule has 0 bridgehead atoms.